The van der Waals surface area contributed by atoms with Crippen LogP contribution in [0.15, 0.2) is 34.9 Å². The molecule has 0 saturated heterocycles. The normalized spacial score (nSPS) is 13.3. The Hall–Kier alpha value is -2.64. The Morgan fingerprint density at radius 1 is 1.33 bits per heavy atom. The standard InChI is InChI=1S/C19H20N4O3.ClH/c1-11-17-15(10-16(12-2-3-12)22-19(17)26-23-11)18(24)21-13-4-6-14(7-5-13)25-9-8-20;/h4-7,10,12H,2-3,8-9,20H2,1H3,(H,21,24);1H. The molecule has 4 rings (SSSR count). The predicted octanol–water partition coefficient (Wildman–Crippen LogP) is 3.42. The first-order valence-corrected chi connectivity index (χ1v) is 8.67. The van der Waals surface area contributed by atoms with Crippen LogP contribution < -0.4 is 15.8 Å². The summed E-state index contributed by atoms with van der Waals surface area (Å²) in [6.07, 6.45) is 2.19. The fraction of sp³-hybridized carbons (Fsp3) is 0.316. The first-order chi connectivity index (χ1) is 12.7. The highest BCUT2D eigenvalue weighted by atomic mass is 35.5. The monoisotopic (exact) mass is 388 g/mol. The molecule has 1 aromatic carbocycles. The maximum absolute atomic E-state index is 12.9. The van der Waals surface area contributed by atoms with Gasteiger partial charge in [-0.1, -0.05) is 5.16 Å². The molecule has 1 fully saturated rings. The molecule has 0 spiro atoms. The fourth-order valence-electron chi connectivity index (χ4n) is 2.89. The molecule has 8 heteroatoms. The Balaban J connectivity index is 0.00000210. The van der Waals surface area contributed by atoms with E-state index in [0.29, 0.717) is 52.9 Å². The number of hydrogen-bond donors (Lipinski definition) is 2. The average molecular weight is 389 g/mol. The Bertz CT molecular complexity index is 951. The molecule has 27 heavy (non-hydrogen) atoms. The molecule has 0 radical (unpaired) electrons. The number of fused-ring (bicyclic) bond motifs is 1. The number of halogens is 1. The number of aryl methyl sites for hydroxylation is 1. The first kappa shape index (κ1) is 19.1. The van der Waals surface area contributed by atoms with Crippen molar-refractivity contribution in [3.63, 3.8) is 0 Å². The maximum atomic E-state index is 12.9. The van der Waals surface area contributed by atoms with Gasteiger partial charge in [-0.2, -0.15) is 0 Å². The Labute approximate surface area is 162 Å². The van der Waals surface area contributed by atoms with Crippen molar-refractivity contribution in [3.05, 3.63) is 47.3 Å². The van der Waals surface area contributed by atoms with Crippen molar-refractivity contribution < 1.29 is 14.1 Å². The first-order valence-electron chi connectivity index (χ1n) is 8.67. The van der Waals surface area contributed by atoms with E-state index in [4.69, 9.17) is 15.0 Å². The molecule has 2 heterocycles. The Kier molecular flexibility index (Phi) is 5.62. The second-order valence-electron chi connectivity index (χ2n) is 6.43. The van der Waals surface area contributed by atoms with Gasteiger partial charge in [-0.05, 0) is 50.1 Å². The van der Waals surface area contributed by atoms with Crippen molar-refractivity contribution in [2.75, 3.05) is 18.5 Å². The van der Waals surface area contributed by atoms with Gasteiger partial charge in [0.05, 0.1) is 16.6 Å². The molecular weight excluding hydrogens is 368 g/mol. The van der Waals surface area contributed by atoms with Crippen LogP contribution in [0.2, 0.25) is 0 Å². The number of pyridine rings is 1. The molecule has 142 valence electrons. The summed E-state index contributed by atoms with van der Waals surface area (Å²) in [5.74, 6) is 0.919. The maximum Gasteiger partial charge on any atom is 0.259 e. The van der Waals surface area contributed by atoms with Gasteiger partial charge in [0.1, 0.15) is 12.4 Å². The quantitative estimate of drug-likeness (QED) is 0.670. The molecular formula is C19H21ClN4O3. The van der Waals surface area contributed by atoms with Crippen LogP contribution in [0.5, 0.6) is 5.75 Å². The molecule has 0 atom stereocenters. The molecule has 1 amide bonds. The van der Waals surface area contributed by atoms with E-state index in [1.54, 1.807) is 24.3 Å². The largest absolute Gasteiger partial charge is 0.492 e. The zero-order valence-corrected chi connectivity index (χ0v) is 15.7. The van der Waals surface area contributed by atoms with Crippen molar-refractivity contribution in [2.24, 2.45) is 5.73 Å². The van der Waals surface area contributed by atoms with Crippen LogP contribution in [0.4, 0.5) is 5.69 Å². The van der Waals surface area contributed by atoms with E-state index < -0.39 is 0 Å². The summed E-state index contributed by atoms with van der Waals surface area (Å²) >= 11 is 0. The van der Waals surface area contributed by atoms with Gasteiger partial charge in [-0.15, -0.1) is 12.4 Å². The van der Waals surface area contributed by atoms with E-state index in [1.807, 2.05) is 13.0 Å². The van der Waals surface area contributed by atoms with Crippen LogP contribution in [-0.4, -0.2) is 29.2 Å². The van der Waals surface area contributed by atoms with Gasteiger partial charge in [-0.25, -0.2) is 4.98 Å². The van der Waals surface area contributed by atoms with Gasteiger partial charge in [-0.3, -0.25) is 4.79 Å². The summed E-state index contributed by atoms with van der Waals surface area (Å²) in [6, 6.07) is 9.05. The van der Waals surface area contributed by atoms with Crippen molar-refractivity contribution >= 4 is 35.1 Å². The van der Waals surface area contributed by atoms with E-state index in [1.165, 1.54) is 0 Å². The van der Waals surface area contributed by atoms with Crippen molar-refractivity contribution in [2.45, 2.75) is 25.7 Å². The minimum atomic E-state index is -0.207. The smallest absolute Gasteiger partial charge is 0.259 e. The summed E-state index contributed by atoms with van der Waals surface area (Å²) < 4.78 is 10.7. The number of nitrogens with zero attached hydrogens (tertiary/aromatic N) is 2. The minimum absolute atomic E-state index is 0. The lowest BCUT2D eigenvalue weighted by Crippen LogP contribution is -2.13. The van der Waals surface area contributed by atoms with Crippen molar-refractivity contribution in [1.29, 1.82) is 0 Å². The lowest BCUT2D eigenvalue weighted by atomic mass is 10.1. The minimum Gasteiger partial charge on any atom is -0.492 e. The molecule has 1 saturated carbocycles. The molecule has 1 aliphatic carbocycles. The number of benzene rings is 1. The highest BCUT2D eigenvalue weighted by Gasteiger charge is 2.28. The number of amides is 1. The van der Waals surface area contributed by atoms with Crippen LogP contribution in [0.25, 0.3) is 11.1 Å². The van der Waals surface area contributed by atoms with E-state index in [2.05, 4.69) is 15.5 Å². The highest BCUT2D eigenvalue weighted by molar-refractivity contribution is 6.12. The number of ether oxygens (including phenoxy) is 1. The zero-order valence-electron chi connectivity index (χ0n) is 14.9. The van der Waals surface area contributed by atoms with E-state index in [9.17, 15) is 4.79 Å². The molecule has 7 nitrogen and oxygen atoms in total. The number of rotatable bonds is 6. The molecule has 3 aromatic rings. The number of nitrogens with one attached hydrogen (secondary N) is 1. The highest BCUT2D eigenvalue weighted by Crippen LogP contribution is 2.40. The number of carbonyl (C=O) groups excluding carboxylic acids is 1. The van der Waals surface area contributed by atoms with Gasteiger partial charge in [0.2, 0.25) is 0 Å². The predicted molar refractivity (Wildman–Crippen MR) is 105 cm³/mol. The van der Waals surface area contributed by atoms with Crippen molar-refractivity contribution in [3.8, 4) is 5.75 Å². The van der Waals surface area contributed by atoms with Gasteiger partial charge < -0.3 is 20.3 Å². The van der Waals surface area contributed by atoms with Crippen LogP contribution in [0, 0.1) is 6.92 Å². The second-order valence-corrected chi connectivity index (χ2v) is 6.43. The van der Waals surface area contributed by atoms with Gasteiger partial charge in [0, 0.05) is 23.8 Å². The molecule has 0 aliphatic heterocycles. The molecule has 0 unspecified atom stereocenters. The topological polar surface area (TPSA) is 103 Å². The van der Waals surface area contributed by atoms with Gasteiger partial charge >= 0.3 is 0 Å². The second kappa shape index (κ2) is 7.94. The summed E-state index contributed by atoms with van der Waals surface area (Å²) in [4.78, 5) is 17.4. The third-order valence-electron chi connectivity index (χ3n) is 4.38. The van der Waals surface area contributed by atoms with E-state index in [0.717, 1.165) is 18.5 Å². The number of aromatic nitrogens is 2. The number of anilines is 1. The third kappa shape index (κ3) is 4.04. The van der Waals surface area contributed by atoms with Gasteiger partial charge in [0.15, 0.2) is 0 Å². The molecule has 0 bridgehead atoms. The summed E-state index contributed by atoms with van der Waals surface area (Å²) in [5, 5.41) is 7.55. The summed E-state index contributed by atoms with van der Waals surface area (Å²) in [6.45, 7) is 2.72. The molecule has 1 aliphatic rings. The van der Waals surface area contributed by atoms with Crippen LogP contribution in [-0.2, 0) is 0 Å². The van der Waals surface area contributed by atoms with E-state index >= 15 is 0 Å². The fourth-order valence-corrected chi connectivity index (χ4v) is 2.89. The van der Waals surface area contributed by atoms with Crippen LogP contribution >= 0.6 is 12.4 Å². The van der Waals surface area contributed by atoms with Crippen LogP contribution in [0.1, 0.15) is 40.5 Å². The Morgan fingerprint density at radius 2 is 2.07 bits per heavy atom. The lowest BCUT2D eigenvalue weighted by Gasteiger charge is -2.09. The molecule has 2 aromatic heterocycles. The summed E-state index contributed by atoms with van der Waals surface area (Å²) in [5.41, 5.74) is 8.62. The SMILES string of the molecule is Cc1noc2nc(C3CC3)cc(C(=O)Nc3ccc(OCCN)cc3)c12.Cl. The zero-order chi connectivity index (χ0) is 18.1. The van der Waals surface area contributed by atoms with Gasteiger partial charge in [0.25, 0.3) is 11.6 Å². The average Bonchev–Trinajstić information content (AvgIpc) is 3.44. The van der Waals surface area contributed by atoms with Crippen molar-refractivity contribution in [1.82, 2.24) is 10.1 Å². The Morgan fingerprint density at radius 3 is 2.74 bits per heavy atom. The van der Waals surface area contributed by atoms with E-state index in [-0.39, 0.29) is 18.3 Å². The lowest BCUT2D eigenvalue weighted by molar-refractivity contribution is 0.102. The van der Waals surface area contributed by atoms with Crippen LogP contribution in [0.3, 0.4) is 0 Å². The number of hydrogen-bond acceptors (Lipinski definition) is 6. The summed E-state index contributed by atoms with van der Waals surface area (Å²) in [7, 11) is 0. The molecule has 3 N–H and O–H groups in total. The number of carbonyl (C=O) groups is 1. The third-order valence-corrected chi connectivity index (χ3v) is 4.38. The number of nitrogens with two attached hydrogens (primary N) is 1.